The number of aromatic nitrogens is 1. The summed E-state index contributed by atoms with van der Waals surface area (Å²) in [6, 6.07) is 11.7. The monoisotopic (exact) mass is 382 g/mol. The van der Waals surface area contributed by atoms with E-state index in [9.17, 15) is 19.7 Å². The molecule has 0 unspecified atom stereocenters. The van der Waals surface area contributed by atoms with E-state index in [1.165, 1.54) is 41.7 Å². The normalized spacial score (nSPS) is 11.0. The molecule has 7 nitrogen and oxygen atoms in total. The molecule has 0 radical (unpaired) electrons. The average Bonchev–Trinajstić information content (AvgIpc) is 3.07. The van der Waals surface area contributed by atoms with Gasteiger partial charge in [0.05, 0.1) is 15.1 Å². The minimum absolute atomic E-state index is 0.121. The van der Waals surface area contributed by atoms with Crippen LogP contribution in [0.25, 0.3) is 16.3 Å². The van der Waals surface area contributed by atoms with Gasteiger partial charge in [0.15, 0.2) is 6.61 Å². The van der Waals surface area contributed by atoms with Crippen molar-refractivity contribution in [2.45, 2.75) is 6.92 Å². The molecule has 0 aliphatic rings. The van der Waals surface area contributed by atoms with Crippen molar-refractivity contribution in [1.29, 1.82) is 0 Å². The lowest BCUT2D eigenvalue weighted by molar-refractivity contribution is -0.385. The van der Waals surface area contributed by atoms with Gasteiger partial charge in [-0.3, -0.25) is 14.9 Å². The number of thiazole rings is 1. The number of benzene rings is 2. The number of rotatable bonds is 6. The molecule has 0 saturated heterocycles. The van der Waals surface area contributed by atoms with E-state index in [0.717, 1.165) is 10.2 Å². The summed E-state index contributed by atoms with van der Waals surface area (Å²) in [7, 11) is 0. The third kappa shape index (κ3) is 4.42. The maximum absolute atomic E-state index is 12.1. The Bertz CT molecular complexity index is 1040. The second-order valence-corrected chi connectivity index (χ2v) is 6.70. The maximum atomic E-state index is 12.1. The van der Waals surface area contributed by atoms with E-state index in [1.54, 1.807) is 6.92 Å². The Hall–Kier alpha value is -3.39. The molecule has 3 aromatic rings. The quantitative estimate of drug-likeness (QED) is 0.210. The Morgan fingerprint density at radius 2 is 2.04 bits per heavy atom. The van der Waals surface area contributed by atoms with Gasteiger partial charge in [-0.1, -0.05) is 24.3 Å². The zero-order valence-electron chi connectivity index (χ0n) is 14.2. The van der Waals surface area contributed by atoms with Crippen LogP contribution in [-0.4, -0.2) is 28.3 Å². The number of para-hydroxylation sites is 1. The fourth-order valence-corrected chi connectivity index (χ4v) is 3.22. The number of carbonyl (C=O) groups is 2. The van der Waals surface area contributed by atoms with Crippen LogP contribution in [0.5, 0.6) is 0 Å². The number of carbonyl (C=O) groups excluding carboxylic acids is 2. The molecule has 2 aromatic carbocycles. The topological polar surface area (TPSA) is 99.4 Å². The largest absolute Gasteiger partial charge is 0.454 e. The minimum Gasteiger partial charge on any atom is -0.454 e. The van der Waals surface area contributed by atoms with E-state index in [0.29, 0.717) is 10.6 Å². The molecule has 27 heavy (non-hydrogen) atoms. The summed E-state index contributed by atoms with van der Waals surface area (Å²) < 4.78 is 5.92. The molecule has 0 aliphatic carbocycles. The molecule has 8 heteroatoms. The van der Waals surface area contributed by atoms with Crippen LogP contribution in [0.15, 0.2) is 48.5 Å². The second-order valence-electron chi connectivity index (χ2n) is 5.64. The van der Waals surface area contributed by atoms with Crippen LogP contribution in [-0.2, 0) is 9.53 Å². The smallest absolute Gasteiger partial charge is 0.331 e. The molecular weight excluding hydrogens is 368 g/mol. The Morgan fingerprint density at radius 1 is 1.26 bits per heavy atom. The number of aryl methyl sites for hydroxylation is 1. The van der Waals surface area contributed by atoms with E-state index in [2.05, 4.69) is 4.98 Å². The Morgan fingerprint density at radius 3 is 2.78 bits per heavy atom. The van der Waals surface area contributed by atoms with E-state index in [1.807, 2.05) is 24.3 Å². The fraction of sp³-hybridized carbons (Fsp3) is 0.105. The van der Waals surface area contributed by atoms with Gasteiger partial charge >= 0.3 is 5.97 Å². The summed E-state index contributed by atoms with van der Waals surface area (Å²) in [5.74, 6) is -1.20. The van der Waals surface area contributed by atoms with Crippen LogP contribution >= 0.6 is 11.3 Å². The molecule has 0 saturated carbocycles. The van der Waals surface area contributed by atoms with E-state index in [-0.39, 0.29) is 11.3 Å². The van der Waals surface area contributed by atoms with Gasteiger partial charge in [0, 0.05) is 23.3 Å². The predicted octanol–water partition coefficient (Wildman–Crippen LogP) is 3.95. The van der Waals surface area contributed by atoms with Crippen molar-refractivity contribution < 1.29 is 19.2 Å². The highest BCUT2D eigenvalue weighted by atomic mass is 32.1. The Kier molecular flexibility index (Phi) is 5.37. The van der Waals surface area contributed by atoms with Gasteiger partial charge in [-0.05, 0) is 25.1 Å². The lowest BCUT2D eigenvalue weighted by atomic mass is 10.1. The lowest BCUT2D eigenvalue weighted by Crippen LogP contribution is -2.13. The first-order valence-electron chi connectivity index (χ1n) is 7.92. The highest BCUT2D eigenvalue weighted by molar-refractivity contribution is 7.19. The van der Waals surface area contributed by atoms with Crippen LogP contribution in [0, 0.1) is 17.0 Å². The maximum Gasteiger partial charge on any atom is 0.331 e. The van der Waals surface area contributed by atoms with Crippen molar-refractivity contribution >= 4 is 45.1 Å². The number of nitro groups is 1. The van der Waals surface area contributed by atoms with Gasteiger partial charge in [-0.15, -0.1) is 11.3 Å². The van der Waals surface area contributed by atoms with Gasteiger partial charge in [0.2, 0.25) is 5.78 Å². The molecular formula is C19H14N2O5S. The van der Waals surface area contributed by atoms with Crippen molar-refractivity contribution in [2.24, 2.45) is 0 Å². The molecule has 1 aromatic heterocycles. The predicted molar refractivity (Wildman–Crippen MR) is 102 cm³/mol. The first-order valence-corrected chi connectivity index (χ1v) is 8.74. The zero-order chi connectivity index (χ0) is 19.4. The lowest BCUT2D eigenvalue weighted by Gasteiger charge is -2.03. The highest BCUT2D eigenvalue weighted by Crippen LogP contribution is 2.22. The van der Waals surface area contributed by atoms with E-state index < -0.39 is 23.3 Å². The molecule has 0 aliphatic heterocycles. The molecule has 0 N–H and O–H groups in total. The molecule has 0 spiro atoms. The third-order valence-electron chi connectivity index (χ3n) is 3.75. The molecule has 3 rings (SSSR count). The zero-order valence-corrected chi connectivity index (χ0v) is 15.1. The molecule has 0 bridgehead atoms. The molecule has 1 heterocycles. The van der Waals surface area contributed by atoms with Crippen LogP contribution in [0.2, 0.25) is 0 Å². The number of fused-ring (bicyclic) bond motifs is 1. The van der Waals surface area contributed by atoms with Crippen LogP contribution < -0.4 is 0 Å². The minimum atomic E-state index is -0.691. The summed E-state index contributed by atoms with van der Waals surface area (Å²) in [6.07, 6.45) is 2.72. The van der Waals surface area contributed by atoms with Gasteiger partial charge < -0.3 is 4.74 Å². The number of hydrogen-bond donors (Lipinski definition) is 0. The van der Waals surface area contributed by atoms with Gasteiger partial charge in [-0.2, -0.15) is 0 Å². The average molecular weight is 382 g/mol. The van der Waals surface area contributed by atoms with Crippen molar-refractivity contribution in [1.82, 2.24) is 4.98 Å². The summed E-state index contributed by atoms with van der Waals surface area (Å²) in [6.45, 7) is 1.09. The van der Waals surface area contributed by atoms with Crippen molar-refractivity contribution in [2.75, 3.05) is 6.61 Å². The van der Waals surface area contributed by atoms with Crippen molar-refractivity contribution in [3.8, 4) is 0 Å². The van der Waals surface area contributed by atoms with Gasteiger partial charge in [0.25, 0.3) is 5.69 Å². The van der Waals surface area contributed by atoms with Crippen molar-refractivity contribution in [3.05, 3.63) is 74.8 Å². The van der Waals surface area contributed by atoms with Crippen LogP contribution in [0.3, 0.4) is 0 Å². The summed E-state index contributed by atoms with van der Waals surface area (Å²) in [5.41, 5.74) is 1.26. The Labute approximate surface area is 158 Å². The van der Waals surface area contributed by atoms with Gasteiger partial charge in [-0.25, -0.2) is 9.78 Å². The first kappa shape index (κ1) is 18.4. The number of hydrogen-bond acceptors (Lipinski definition) is 7. The standard InChI is InChI=1S/C19H14N2O5S/c1-12-6-7-13(10-15(12)21(24)25)16(22)11-26-19(23)9-8-18-20-14-4-2-3-5-17(14)27-18/h2-10H,11H2,1H3/b9-8+. The second kappa shape index (κ2) is 7.88. The summed E-state index contributed by atoms with van der Waals surface area (Å²) in [4.78, 5) is 38.6. The first-order chi connectivity index (χ1) is 12.9. The number of ether oxygens (including phenoxy) is 1. The summed E-state index contributed by atoms with van der Waals surface area (Å²) >= 11 is 1.43. The third-order valence-corrected chi connectivity index (χ3v) is 4.75. The van der Waals surface area contributed by atoms with Crippen LogP contribution in [0.4, 0.5) is 5.69 Å². The van der Waals surface area contributed by atoms with Gasteiger partial charge in [0.1, 0.15) is 5.01 Å². The number of ketones is 1. The SMILES string of the molecule is Cc1ccc(C(=O)COC(=O)/C=C/c2nc3ccccc3s2)cc1[N+](=O)[O-]. The van der Waals surface area contributed by atoms with Crippen LogP contribution in [0.1, 0.15) is 20.9 Å². The molecule has 0 amide bonds. The van der Waals surface area contributed by atoms with E-state index >= 15 is 0 Å². The molecule has 0 fully saturated rings. The molecule has 0 atom stereocenters. The number of nitro benzene ring substituents is 1. The number of nitrogens with zero attached hydrogens (tertiary/aromatic N) is 2. The van der Waals surface area contributed by atoms with E-state index in [4.69, 9.17) is 4.74 Å². The fourth-order valence-electron chi connectivity index (χ4n) is 2.35. The number of esters is 1. The summed E-state index contributed by atoms with van der Waals surface area (Å²) in [5, 5.41) is 11.6. The van der Waals surface area contributed by atoms with Crippen molar-refractivity contribution in [3.63, 3.8) is 0 Å². The number of Topliss-reactive ketones (excluding diaryl/α,β-unsaturated/α-hetero) is 1. The molecule has 136 valence electrons. The Balaban J connectivity index is 1.60. The highest BCUT2D eigenvalue weighted by Gasteiger charge is 2.16.